The second kappa shape index (κ2) is 7.44. The van der Waals surface area contributed by atoms with E-state index in [-0.39, 0.29) is 5.97 Å². The smallest absolute Gasteiger partial charge is 0.312 e. The molecule has 7 nitrogen and oxygen atoms in total. The van der Waals surface area contributed by atoms with Crippen molar-refractivity contribution in [3.05, 3.63) is 0 Å². The number of tetrazole rings is 1. The van der Waals surface area contributed by atoms with Gasteiger partial charge in [-0.2, -0.15) is 0 Å². The van der Waals surface area contributed by atoms with Gasteiger partial charge in [-0.15, -0.1) is 5.10 Å². The first-order valence-corrected chi connectivity index (χ1v) is 7.18. The molecule has 0 aliphatic heterocycles. The van der Waals surface area contributed by atoms with Gasteiger partial charge in [-0.1, -0.05) is 18.7 Å². The summed E-state index contributed by atoms with van der Waals surface area (Å²) >= 11 is 1.46. The standard InChI is InChI=1S/C11H21N5O2S/c1-5-12-6-7-16-10(13-14-15-16)19-8-11(2,3)9(17)18-4/h12H,5-8H2,1-4H3. The highest BCUT2D eigenvalue weighted by atomic mass is 32.2. The molecule has 1 aromatic heterocycles. The molecule has 0 aromatic carbocycles. The second-order valence-corrected chi connectivity index (χ2v) is 5.64. The third-order valence-corrected chi connectivity index (χ3v) is 3.97. The molecule has 8 heteroatoms. The highest BCUT2D eigenvalue weighted by molar-refractivity contribution is 7.99. The highest BCUT2D eigenvalue weighted by Crippen LogP contribution is 2.27. The number of thioether (sulfide) groups is 1. The predicted molar refractivity (Wildman–Crippen MR) is 72.9 cm³/mol. The van der Waals surface area contributed by atoms with Gasteiger partial charge in [0.2, 0.25) is 5.16 Å². The van der Waals surface area contributed by atoms with Crippen LogP contribution in [0.5, 0.6) is 0 Å². The topological polar surface area (TPSA) is 81.9 Å². The van der Waals surface area contributed by atoms with Crippen LogP contribution in [0.15, 0.2) is 5.16 Å². The summed E-state index contributed by atoms with van der Waals surface area (Å²) in [6, 6.07) is 0. The normalized spacial score (nSPS) is 11.6. The summed E-state index contributed by atoms with van der Waals surface area (Å²) in [6.45, 7) is 8.18. The van der Waals surface area contributed by atoms with E-state index in [0.29, 0.717) is 12.3 Å². The summed E-state index contributed by atoms with van der Waals surface area (Å²) in [6.07, 6.45) is 0. The molecule has 0 aliphatic rings. The number of aromatic nitrogens is 4. The number of nitrogens with one attached hydrogen (secondary N) is 1. The number of nitrogens with zero attached hydrogens (tertiary/aromatic N) is 4. The predicted octanol–water partition coefficient (Wildman–Crippen LogP) is 0.574. The van der Waals surface area contributed by atoms with Crippen LogP contribution in [0.25, 0.3) is 0 Å². The van der Waals surface area contributed by atoms with Gasteiger partial charge in [0.1, 0.15) is 0 Å². The van der Waals surface area contributed by atoms with E-state index in [1.807, 2.05) is 20.8 Å². The zero-order valence-electron chi connectivity index (χ0n) is 11.8. The molecular formula is C11H21N5O2S. The Morgan fingerprint density at radius 1 is 1.53 bits per heavy atom. The van der Waals surface area contributed by atoms with E-state index in [2.05, 4.69) is 20.8 Å². The number of carbonyl (C=O) groups is 1. The van der Waals surface area contributed by atoms with E-state index in [4.69, 9.17) is 4.74 Å². The quantitative estimate of drug-likeness (QED) is 0.425. The van der Waals surface area contributed by atoms with Crippen molar-refractivity contribution in [3.63, 3.8) is 0 Å². The summed E-state index contributed by atoms with van der Waals surface area (Å²) in [5.74, 6) is 0.341. The largest absolute Gasteiger partial charge is 0.469 e. The minimum Gasteiger partial charge on any atom is -0.469 e. The Morgan fingerprint density at radius 3 is 2.89 bits per heavy atom. The van der Waals surface area contributed by atoms with E-state index in [9.17, 15) is 4.79 Å². The maximum atomic E-state index is 11.6. The number of esters is 1. The summed E-state index contributed by atoms with van der Waals surface area (Å²) < 4.78 is 6.51. The number of rotatable bonds is 8. The van der Waals surface area contributed by atoms with E-state index in [0.717, 1.165) is 18.2 Å². The molecule has 1 rings (SSSR count). The van der Waals surface area contributed by atoms with Crippen LogP contribution in [0.1, 0.15) is 20.8 Å². The molecule has 0 aliphatic carbocycles. The lowest BCUT2D eigenvalue weighted by atomic mass is 9.97. The van der Waals surface area contributed by atoms with Gasteiger partial charge < -0.3 is 10.1 Å². The van der Waals surface area contributed by atoms with Crippen molar-refractivity contribution in [1.29, 1.82) is 0 Å². The first-order chi connectivity index (χ1) is 9.01. The average molecular weight is 287 g/mol. The average Bonchev–Trinajstić information content (AvgIpc) is 2.83. The minimum atomic E-state index is -0.558. The first kappa shape index (κ1) is 15.9. The van der Waals surface area contributed by atoms with Crippen LogP contribution < -0.4 is 5.32 Å². The molecule has 0 spiro atoms. The maximum Gasteiger partial charge on any atom is 0.312 e. The Labute approximate surface area is 117 Å². The molecule has 19 heavy (non-hydrogen) atoms. The van der Waals surface area contributed by atoms with E-state index < -0.39 is 5.41 Å². The first-order valence-electron chi connectivity index (χ1n) is 6.19. The van der Waals surface area contributed by atoms with Crippen LogP contribution >= 0.6 is 11.8 Å². The lowest BCUT2D eigenvalue weighted by Gasteiger charge is -2.20. The molecule has 0 amide bonds. The Bertz CT molecular complexity index is 408. The van der Waals surface area contributed by atoms with E-state index >= 15 is 0 Å². The molecule has 0 radical (unpaired) electrons. The fraction of sp³-hybridized carbons (Fsp3) is 0.818. The Balaban J connectivity index is 2.53. The third-order valence-electron chi connectivity index (χ3n) is 2.55. The van der Waals surface area contributed by atoms with Crippen molar-refractivity contribution in [2.24, 2.45) is 5.41 Å². The van der Waals surface area contributed by atoms with Crippen molar-refractivity contribution in [2.75, 3.05) is 26.0 Å². The molecule has 0 saturated heterocycles. The van der Waals surface area contributed by atoms with Crippen LogP contribution in [-0.4, -0.2) is 52.1 Å². The molecule has 0 fully saturated rings. The fourth-order valence-electron chi connectivity index (χ4n) is 1.38. The molecule has 0 bridgehead atoms. The molecule has 1 heterocycles. The minimum absolute atomic E-state index is 0.230. The number of hydrogen-bond donors (Lipinski definition) is 1. The fourth-order valence-corrected chi connectivity index (χ4v) is 2.36. The number of hydrogen-bond acceptors (Lipinski definition) is 7. The Hall–Kier alpha value is -1.15. The lowest BCUT2D eigenvalue weighted by molar-refractivity contribution is -0.149. The monoisotopic (exact) mass is 287 g/mol. The van der Waals surface area contributed by atoms with Crippen molar-refractivity contribution in [1.82, 2.24) is 25.5 Å². The molecular weight excluding hydrogens is 266 g/mol. The molecule has 0 saturated carbocycles. The zero-order valence-corrected chi connectivity index (χ0v) is 12.7. The summed E-state index contributed by atoms with van der Waals surface area (Å²) in [5, 5.41) is 15.5. The van der Waals surface area contributed by atoms with E-state index in [1.54, 1.807) is 4.68 Å². The molecule has 108 valence electrons. The van der Waals surface area contributed by atoms with Crippen molar-refractivity contribution >= 4 is 17.7 Å². The van der Waals surface area contributed by atoms with Crippen LogP contribution in [0.4, 0.5) is 0 Å². The van der Waals surface area contributed by atoms with Crippen molar-refractivity contribution in [2.45, 2.75) is 32.5 Å². The van der Waals surface area contributed by atoms with Crippen LogP contribution in [0.2, 0.25) is 0 Å². The van der Waals surface area contributed by atoms with Gasteiger partial charge in [0, 0.05) is 12.3 Å². The zero-order chi connectivity index (χ0) is 14.3. The van der Waals surface area contributed by atoms with E-state index in [1.165, 1.54) is 18.9 Å². The highest BCUT2D eigenvalue weighted by Gasteiger charge is 2.29. The Morgan fingerprint density at radius 2 is 2.26 bits per heavy atom. The van der Waals surface area contributed by atoms with Crippen molar-refractivity contribution < 1.29 is 9.53 Å². The van der Waals surface area contributed by atoms with Gasteiger partial charge in [-0.3, -0.25) is 4.79 Å². The SMILES string of the molecule is CCNCCn1nnnc1SCC(C)(C)C(=O)OC. The number of likely N-dealkylation sites (N-methyl/N-ethyl adjacent to an activating group) is 1. The van der Waals surface area contributed by atoms with Gasteiger partial charge in [-0.05, 0) is 30.8 Å². The molecule has 1 N–H and O–H groups in total. The van der Waals surface area contributed by atoms with Crippen LogP contribution in [-0.2, 0) is 16.1 Å². The number of methoxy groups -OCH3 is 1. The van der Waals surface area contributed by atoms with Gasteiger partial charge in [0.05, 0.1) is 19.1 Å². The summed E-state index contributed by atoms with van der Waals surface area (Å²) in [5.41, 5.74) is -0.558. The van der Waals surface area contributed by atoms with Gasteiger partial charge in [0.15, 0.2) is 0 Å². The number of carbonyl (C=O) groups excluding carboxylic acids is 1. The maximum absolute atomic E-state index is 11.6. The van der Waals surface area contributed by atoms with Gasteiger partial charge in [0.25, 0.3) is 0 Å². The lowest BCUT2D eigenvalue weighted by Crippen LogP contribution is -2.28. The Kier molecular flexibility index (Phi) is 6.23. The van der Waals surface area contributed by atoms with Crippen molar-refractivity contribution in [3.8, 4) is 0 Å². The van der Waals surface area contributed by atoms with Gasteiger partial charge >= 0.3 is 5.97 Å². The summed E-state index contributed by atoms with van der Waals surface area (Å²) in [4.78, 5) is 11.6. The second-order valence-electron chi connectivity index (χ2n) is 4.70. The molecule has 0 atom stereocenters. The van der Waals surface area contributed by atoms with Gasteiger partial charge in [-0.25, -0.2) is 4.68 Å². The van der Waals surface area contributed by atoms with Crippen LogP contribution in [0.3, 0.4) is 0 Å². The number of ether oxygens (including phenoxy) is 1. The third kappa shape index (κ3) is 4.79. The molecule has 1 aromatic rings. The van der Waals surface area contributed by atoms with Crippen LogP contribution in [0, 0.1) is 5.41 Å². The molecule has 0 unspecified atom stereocenters. The summed E-state index contributed by atoms with van der Waals surface area (Å²) in [7, 11) is 1.40.